The highest BCUT2D eigenvalue weighted by Gasteiger charge is 2.63. The first-order valence-electron chi connectivity index (χ1n) is 7.59. The summed E-state index contributed by atoms with van der Waals surface area (Å²) in [6.07, 6.45) is -4.86. The Kier molecular flexibility index (Phi) is 4.79. The van der Waals surface area contributed by atoms with Crippen LogP contribution in [0, 0.1) is 0 Å². The van der Waals surface area contributed by atoms with E-state index in [0.29, 0.717) is 5.56 Å². The van der Waals surface area contributed by atoms with Crippen molar-refractivity contribution in [3.8, 4) is 5.75 Å². The number of hydrogen-bond acceptors (Lipinski definition) is 4. The van der Waals surface area contributed by atoms with Crippen molar-refractivity contribution >= 4 is 23.3 Å². The van der Waals surface area contributed by atoms with Crippen LogP contribution in [0.25, 0.3) is 0 Å². The summed E-state index contributed by atoms with van der Waals surface area (Å²) in [7, 11) is 0. The first kappa shape index (κ1) is 18.4. The third-order valence-electron chi connectivity index (χ3n) is 3.76. The number of ketones is 2. The van der Waals surface area contributed by atoms with Crippen LogP contribution in [0.2, 0.25) is 0 Å². The van der Waals surface area contributed by atoms with Gasteiger partial charge in [0.15, 0.2) is 11.6 Å². The maximum absolute atomic E-state index is 13.3. The zero-order valence-corrected chi connectivity index (χ0v) is 14.0. The lowest BCUT2D eigenvalue weighted by atomic mass is 10.0. The van der Waals surface area contributed by atoms with Crippen LogP contribution in [-0.2, 0) is 0 Å². The van der Waals surface area contributed by atoms with E-state index in [1.807, 2.05) is 0 Å². The fourth-order valence-corrected chi connectivity index (χ4v) is 3.15. The molecule has 0 bridgehead atoms. The maximum Gasteiger partial charge on any atom is 0.475 e. The van der Waals surface area contributed by atoms with Gasteiger partial charge >= 0.3 is 11.4 Å². The SMILES string of the molecule is O=C(CCC(=O)c1ccc2c(c1)OC(F)(F)C(F)(F)S2)c1ccccc1. The lowest BCUT2D eigenvalue weighted by Gasteiger charge is -2.31. The summed E-state index contributed by atoms with van der Waals surface area (Å²) < 4.78 is 57.3. The van der Waals surface area contributed by atoms with Crippen molar-refractivity contribution in [1.82, 2.24) is 0 Å². The molecule has 0 aromatic heterocycles. The molecule has 1 aliphatic heterocycles. The molecule has 0 N–H and O–H groups in total. The van der Waals surface area contributed by atoms with E-state index in [9.17, 15) is 27.2 Å². The van der Waals surface area contributed by atoms with Gasteiger partial charge in [-0.05, 0) is 23.9 Å². The van der Waals surface area contributed by atoms with Gasteiger partial charge in [0.25, 0.3) is 0 Å². The third kappa shape index (κ3) is 3.60. The van der Waals surface area contributed by atoms with Gasteiger partial charge in [0.05, 0.1) is 4.90 Å². The van der Waals surface area contributed by atoms with E-state index < -0.39 is 22.9 Å². The minimum Gasteiger partial charge on any atom is -0.426 e. The summed E-state index contributed by atoms with van der Waals surface area (Å²) in [6, 6.07) is 11.8. The fourth-order valence-electron chi connectivity index (χ4n) is 2.38. The van der Waals surface area contributed by atoms with Crippen molar-refractivity contribution in [2.45, 2.75) is 29.1 Å². The fraction of sp³-hybridized carbons (Fsp3) is 0.222. The van der Waals surface area contributed by atoms with Gasteiger partial charge in [-0.3, -0.25) is 9.59 Å². The quantitative estimate of drug-likeness (QED) is 0.525. The number of benzene rings is 2. The zero-order chi connectivity index (χ0) is 18.9. The molecule has 1 aliphatic rings. The molecule has 3 nitrogen and oxygen atoms in total. The first-order chi connectivity index (χ1) is 12.2. The molecule has 136 valence electrons. The van der Waals surface area contributed by atoms with Gasteiger partial charge in [-0.1, -0.05) is 36.4 Å². The van der Waals surface area contributed by atoms with Gasteiger partial charge in [0, 0.05) is 24.0 Å². The molecular weight excluding hydrogens is 372 g/mol. The molecule has 1 heterocycles. The number of carbonyl (C=O) groups is 2. The summed E-state index contributed by atoms with van der Waals surface area (Å²) in [5.41, 5.74) is 0.485. The molecule has 2 aromatic carbocycles. The average Bonchev–Trinajstić information content (AvgIpc) is 2.60. The molecule has 0 fully saturated rings. The van der Waals surface area contributed by atoms with E-state index in [-0.39, 0.29) is 40.8 Å². The van der Waals surface area contributed by atoms with E-state index in [1.165, 1.54) is 6.07 Å². The van der Waals surface area contributed by atoms with Crippen LogP contribution in [0.5, 0.6) is 5.75 Å². The number of fused-ring (bicyclic) bond motifs is 1. The van der Waals surface area contributed by atoms with E-state index >= 15 is 0 Å². The van der Waals surface area contributed by atoms with Crippen LogP contribution in [-0.4, -0.2) is 22.9 Å². The number of ether oxygens (including phenoxy) is 1. The van der Waals surface area contributed by atoms with Crippen LogP contribution in [0.15, 0.2) is 53.4 Å². The Bertz CT molecular complexity index is 853. The second kappa shape index (κ2) is 6.75. The van der Waals surface area contributed by atoms with E-state index in [2.05, 4.69) is 4.74 Å². The van der Waals surface area contributed by atoms with Crippen LogP contribution >= 0.6 is 11.8 Å². The van der Waals surface area contributed by atoms with E-state index in [4.69, 9.17) is 0 Å². The van der Waals surface area contributed by atoms with Gasteiger partial charge in [0.1, 0.15) is 5.75 Å². The molecule has 3 rings (SSSR count). The van der Waals surface area contributed by atoms with Crippen molar-refractivity contribution in [2.75, 3.05) is 0 Å². The monoisotopic (exact) mass is 384 g/mol. The van der Waals surface area contributed by atoms with Crippen molar-refractivity contribution < 1.29 is 31.9 Å². The van der Waals surface area contributed by atoms with Crippen molar-refractivity contribution in [3.05, 3.63) is 59.7 Å². The summed E-state index contributed by atoms with van der Waals surface area (Å²) in [4.78, 5) is 24.0. The van der Waals surface area contributed by atoms with Gasteiger partial charge in [-0.15, -0.1) is 0 Å². The highest BCUT2D eigenvalue weighted by molar-refractivity contribution is 8.00. The predicted octanol–water partition coefficient (Wildman–Crippen LogP) is 5.20. The van der Waals surface area contributed by atoms with Crippen LogP contribution < -0.4 is 4.74 Å². The standard InChI is InChI=1S/C18H12F4O3S/c19-17(20)18(21,22)26-16-9-6-12(10-15(16)25-17)14(24)8-7-13(23)11-4-2-1-3-5-11/h1-6,9-10H,7-8H2. The molecular formula is C18H12F4O3S. The van der Waals surface area contributed by atoms with Gasteiger partial charge in [0.2, 0.25) is 0 Å². The molecule has 0 radical (unpaired) electrons. The highest BCUT2D eigenvalue weighted by atomic mass is 32.2. The van der Waals surface area contributed by atoms with E-state index in [1.54, 1.807) is 30.3 Å². The topological polar surface area (TPSA) is 43.4 Å². The Morgan fingerprint density at radius 2 is 1.50 bits per heavy atom. The number of halogens is 4. The minimum atomic E-state index is -4.67. The molecule has 2 aromatic rings. The first-order valence-corrected chi connectivity index (χ1v) is 8.40. The third-order valence-corrected chi connectivity index (χ3v) is 4.81. The van der Waals surface area contributed by atoms with E-state index in [0.717, 1.165) is 12.1 Å². The van der Waals surface area contributed by atoms with Crippen LogP contribution in [0.4, 0.5) is 17.6 Å². The number of thioether (sulfide) groups is 1. The Morgan fingerprint density at radius 3 is 2.15 bits per heavy atom. The molecule has 8 heteroatoms. The van der Waals surface area contributed by atoms with Crippen LogP contribution in [0.3, 0.4) is 0 Å². The normalized spacial score (nSPS) is 17.1. The number of rotatable bonds is 5. The smallest absolute Gasteiger partial charge is 0.426 e. The largest absolute Gasteiger partial charge is 0.475 e. The Hall–Kier alpha value is -2.35. The molecule has 26 heavy (non-hydrogen) atoms. The van der Waals surface area contributed by atoms with Crippen molar-refractivity contribution in [3.63, 3.8) is 0 Å². The Labute approximate surface area is 150 Å². The van der Waals surface area contributed by atoms with Gasteiger partial charge in [-0.2, -0.15) is 17.6 Å². The molecule has 0 spiro atoms. The number of hydrogen-bond donors (Lipinski definition) is 0. The van der Waals surface area contributed by atoms with Crippen LogP contribution in [0.1, 0.15) is 33.6 Å². The molecule has 0 unspecified atom stereocenters. The molecule has 0 saturated heterocycles. The van der Waals surface area contributed by atoms with Gasteiger partial charge in [-0.25, -0.2) is 0 Å². The molecule has 0 atom stereocenters. The molecule has 0 amide bonds. The zero-order valence-electron chi connectivity index (χ0n) is 13.2. The second-order valence-corrected chi connectivity index (χ2v) is 6.77. The predicted molar refractivity (Wildman–Crippen MR) is 87.2 cm³/mol. The molecule has 0 aliphatic carbocycles. The second-order valence-electron chi connectivity index (χ2n) is 5.61. The Morgan fingerprint density at radius 1 is 0.885 bits per heavy atom. The Balaban J connectivity index is 1.71. The summed E-state index contributed by atoms with van der Waals surface area (Å²) in [5.74, 6) is -1.17. The number of Topliss-reactive ketones (excluding diaryl/α,β-unsaturated/α-hetero) is 2. The van der Waals surface area contributed by atoms with Crippen molar-refractivity contribution in [2.24, 2.45) is 0 Å². The highest BCUT2D eigenvalue weighted by Crippen LogP contribution is 2.54. The average molecular weight is 384 g/mol. The lowest BCUT2D eigenvalue weighted by Crippen LogP contribution is -2.45. The van der Waals surface area contributed by atoms with Crippen molar-refractivity contribution in [1.29, 1.82) is 0 Å². The minimum absolute atomic E-state index is 0.0197. The molecule has 0 saturated carbocycles. The summed E-state index contributed by atoms with van der Waals surface area (Å²) in [6.45, 7) is 0. The summed E-state index contributed by atoms with van der Waals surface area (Å²) in [5, 5.41) is -4.40. The number of alkyl halides is 4. The number of carbonyl (C=O) groups excluding carboxylic acids is 2. The maximum atomic E-state index is 13.3. The van der Waals surface area contributed by atoms with Gasteiger partial charge < -0.3 is 4.74 Å². The summed E-state index contributed by atoms with van der Waals surface area (Å²) >= 11 is -0.317. The lowest BCUT2D eigenvalue weighted by molar-refractivity contribution is -0.273.